The van der Waals surface area contributed by atoms with Gasteiger partial charge in [0.05, 0.1) is 29.6 Å². The molecule has 3 aromatic carbocycles. The fourth-order valence-electron chi connectivity index (χ4n) is 4.58. The Kier molecular flexibility index (Phi) is 9.13. The third kappa shape index (κ3) is 7.06. The van der Waals surface area contributed by atoms with Gasteiger partial charge in [-0.2, -0.15) is 0 Å². The van der Waals surface area contributed by atoms with E-state index in [1.165, 1.54) is 6.92 Å². The standard InChI is InChI=1S/C27H28Cl2F2N4O3S/c1-17(32)27(36)33-10-11-39(37,38)35(24-13-22(30)12-23(31)14-24)25-15-34(16-25)26(18-2-6-20(28)7-3-18)19-4-8-21(29)9-5-19/h2-9,12-14,17,25-26H,10-11,15-16,32H2,1H3,(H,33,36)/t17-/m1/s1. The van der Waals surface area contributed by atoms with Crippen molar-refractivity contribution >= 4 is 44.8 Å². The summed E-state index contributed by atoms with van der Waals surface area (Å²) in [5, 5.41) is 3.63. The highest BCUT2D eigenvalue weighted by Gasteiger charge is 2.42. The normalized spacial score (nSPS) is 15.2. The first kappa shape index (κ1) is 29.2. The molecular formula is C27H28Cl2F2N4O3S. The van der Waals surface area contributed by atoms with E-state index >= 15 is 0 Å². The van der Waals surface area contributed by atoms with Crippen LogP contribution in [0.4, 0.5) is 14.5 Å². The van der Waals surface area contributed by atoms with Crippen molar-refractivity contribution in [1.82, 2.24) is 10.2 Å². The van der Waals surface area contributed by atoms with Gasteiger partial charge in [-0.1, -0.05) is 47.5 Å². The molecule has 0 aromatic heterocycles. The third-order valence-electron chi connectivity index (χ3n) is 6.43. The lowest BCUT2D eigenvalue weighted by atomic mass is 9.93. The molecule has 7 nitrogen and oxygen atoms in total. The van der Waals surface area contributed by atoms with Crippen LogP contribution in [-0.2, 0) is 14.8 Å². The first-order valence-corrected chi connectivity index (χ1v) is 14.6. The van der Waals surface area contributed by atoms with E-state index in [1.54, 1.807) is 24.3 Å². The monoisotopic (exact) mass is 596 g/mol. The second-order valence-electron chi connectivity index (χ2n) is 9.43. The second-order valence-corrected chi connectivity index (χ2v) is 12.3. The highest BCUT2D eigenvalue weighted by atomic mass is 35.5. The Morgan fingerprint density at radius 3 is 1.95 bits per heavy atom. The highest BCUT2D eigenvalue weighted by Crippen LogP contribution is 2.37. The van der Waals surface area contributed by atoms with Crippen LogP contribution in [0.2, 0.25) is 10.0 Å². The molecule has 12 heteroatoms. The van der Waals surface area contributed by atoms with Crippen molar-refractivity contribution in [1.29, 1.82) is 0 Å². The zero-order valence-electron chi connectivity index (χ0n) is 21.0. The Labute approximate surface area is 236 Å². The predicted molar refractivity (Wildman–Crippen MR) is 149 cm³/mol. The summed E-state index contributed by atoms with van der Waals surface area (Å²) < 4.78 is 56.3. The van der Waals surface area contributed by atoms with Crippen molar-refractivity contribution in [3.8, 4) is 0 Å². The molecule has 3 aromatic rings. The van der Waals surface area contributed by atoms with Gasteiger partial charge in [-0.15, -0.1) is 0 Å². The summed E-state index contributed by atoms with van der Waals surface area (Å²) in [7, 11) is -4.10. The number of carbonyl (C=O) groups is 1. The van der Waals surface area contributed by atoms with E-state index in [1.807, 2.05) is 24.3 Å². The number of likely N-dealkylation sites (tertiary alicyclic amines) is 1. The Hall–Kier alpha value is -2.76. The van der Waals surface area contributed by atoms with Gasteiger partial charge in [0.2, 0.25) is 15.9 Å². The minimum absolute atomic E-state index is 0.120. The fourth-order valence-corrected chi connectivity index (χ4v) is 6.40. The Balaban J connectivity index is 1.62. The number of carbonyl (C=O) groups excluding carboxylic acids is 1. The summed E-state index contributed by atoms with van der Waals surface area (Å²) in [6.07, 6.45) is 0. The molecular weight excluding hydrogens is 569 g/mol. The summed E-state index contributed by atoms with van der Waals surface area (Å²) in [5.74, 6) is -2.77. The van der Waals surface area contributed by atoms with Crippen LogP contribution in [0.15, 0.2) is 66.7 Å². The molecule has 1 aliphatic heterocycles. The number of nitrogens with zero attached hydrogens (tertiary/aromatic N) is 2. The average molecular weight is 598 g/mol. The molecule has 0 radical (unpaired) electrons. The molecule has 1 saturated heterocycles. The van der Waals surface area contributed by atoms with Crippen LogP contribution in [0.25, 0.3) is 0 Å². The fraction of sp³-hybridized carbons (Fsp3) is 0.296. The van der Waals surface area contributed by atoms with E-state index in [9.17, 15) is 22.0 Å². The average Bonchev–Trinajstić information content (AvgIpc) is 2.83. The van der Waals surface area contributed by atoms with Gasteiger partial charge in [0.1, 0.15) is 11.6 Å². The number of benzene rings is 3. The molecule has 1 amide bonds. The first-order valence-electron chi connectivity index (χ1n) is 12.2. The molecule has 208 valence electrons. The van der Waals surface area contributed by atoms with Crippen molar-refractivity contribution in [2.45, 2.75) is 25.0 Å². The van der Waals surface area contributed by atoms with Gasteiger partial charge in [-0.25, -0.2) is 17.2 Å². The molecule has 1 aliphatic rings. The third-order valence-corrected chi connectivity index (χ3v) is 8.77. The summed E-state index contributed by atoms with van der Waals surface area (Å²) in [6.45, 7) is 1.83. The van der Waals surface area contributed by atoms with Crippen molar-refractivity contribution in [2.24, 2.45) is 5.73 Å². The molecule has 1 fully saturated rings. The minimum atomic E-state index is -4.10. The molecule has 0 aliphatic carbocycles. The lowest BCUT2D eigenvalue weighted by Crippen LogP contribution is -2.62. The maximum atomic E-state index is 14.2. The minimum Gasteiger partial charge on any atom is -0.354 e. The van der Waals surface area contributed by atoms with Crippen molar-refractivity contribution in [3.05, 3.63) is 99.5 Å². The van der Waals surface area contributed by atoms with Gasteiger partial charge in [-0.05, 0) is 54.4 Å². The predicted octanol–water partition coefficient (Wildman–Crippen LogP) is 4.35. The maximum absolute atomic E-state index is 14.2. The summed E-state index contributed by atoms with van der Waals surface area (Å²) in [6, 6.07) is 15.7. The summed E-state index contributed by atoms with van der Waals surface area (Å²) in [5.41, 5.74) is 7.28. The topological polar surface area (TPSA) is 95.7 Å². The lowest BCUT2D eigenvalue weighted by molar-refractivity contribution is -0.121. The number of halogens is 4. The molecule has 4 rings (SSSR count). The first-order chi connectivity index (χ1) is 18.4. The van der Waals surface area contributed by atoms with Gasteiger partial charge in [0, 0.05) is 35.7 Å². The van der Waals surface area contributed by atoms with E-state index in [4.69, 9.17) is 28.9 Å². The van der Waals surface area contributed by atoms with E-state index < -0.39 is 45.4 Å². The molecule has 3 N–H and O–H groups in total. The van der Waals surface area contributed by atoms with Crippen molar-refractivity contribution in [2.75, 3.05) is 29.7 Å². The number of amides is 1. The van der Waals surface area contributed by atoms with Gasteiger partial charge < -0.3 is 11.1 Å². The molecule has 0 unspecified atom stereocenters. The van der Waals surface area contributed by atoms with Crippen LogP contribution in [0, 0.1) is 11.6 Å². The lowest BCUT2D eigenvalue weighted by Gasteiger charge is -2.49. The van der Waals surface area contributed by atoms with E-state index in [-0.39, 0.29) is 31.4 Å². The zero-order chi connectivity index (χ0) is 28.3. The summed E-state index contributed by atoms with van der Waals surface area (Å²) >= 11 is 12.2. The molecule has 1 atom stereocenters. The number of hydrogen-bond donors (Lipinski definition) is 2. The Morgan fingerprint density at radius 2 is 1.49 bits per heavy atom. The van der Waals surface area contributed by atoms with Gasteiger partial charge in [0.15, 0.2) is 0 Å². The smallest absolute Gasteiger partial charge is 0.237 e. The number of anilines is 1. The van der Waals surface area contributed by atoms with Gasteiger partial charge >= 0.3 is 0 Å². The Morgan fingerprint density at radius 1 is 1.00 bits per heavy atom. The van der Waals surface area contributed by atoms with E-state index in [2.05, 4.69) is 10.2 Å². The Bertz CT molecular complexity index is 1350. The van der Waals surface area contributed by atoms with Crippen LogP contribution in [0.5, 0.6) is 0 Å². The molecule has 0 bridgehead atoms. The van der Waals surface area contributed by atoms with Crippen LogP contribution in [0.3, 0.4) is 0 Å². The molecule has 39 heavy (non-hydrogen) atoms. The summed E-state index contributed by atoms with van der Waals surface area (Å²) in [4.78, 5) is 13.9. The van der Waals surface area contributed by atoms with Crippen molar-refractivity contribution in [3.63, 3.8) is 0 Å². The van der Waals surface area contributed by atoms with Crippen LogP contribution >= 0.6 is 23.2 Å². The second kappa shape index (κ2) is 12.2. The van der Waals surface area contributed by atoms with Crippen LogP contribution in [0.1, 0.15) is 24.1 Å². The number of rotatable bonds is 10. The zero-order valence-corrected chi connectivity index (χ0v) is 23.4. The highest BCUT2D eigenvalue weighted by molar-refractivity contribution is 7.92. The van der Waals surface area contributed by atoms with Gasteiger partial charge in [0.25, 0.3) is 0 Å². The van der Waals surface area contributed by atoms with E-state index in [0.717, 1.165) is 27.6 Å². The quantitative estimate of drug-likeness (QED) is 0.363. The van der Waals surface area contributed by atoms with Crippen LogP contribution in [-0.4, -0.2) is 56.7 Å². The van der Waals surface area contributed by atoms with Crippen LogP contribution < -0.4 is 15.4 Å². The molecule has 0 saturated carbocycles. The number of hydrogen-bond acceptors (Lipinski definition) is 5. The number of nitrogens with two attached hydrogens (primary N) is 1. The maximum Gasteiger partial charge on any atom is 0.237 e. The molecule has 0 spiro atoms. The van der Waals surface area contributed by atoms with E-state index in [0.29, 0.717) is 16.1 Å². The number of sulfonamides is 1. The molecule has 1 heterocycles. The SMILES string of the molecule is C[C@@H](N)C(=O)NCCS(=O)(=O)N(c1cc(F)cc(F)c1)C1CN(C(c2ccc(Cl)cc2)c2ccc(Cl)cc2)C1. The van der Waals surface area contributed by atoms with Crippen molar-refractivity contribution < 1.29 is 22.0 Å². The number of nitrogens with one attached hydrogen (secondary N) is 1. The largest absolute Gasteiger partial charge is 0.354 e. The van der Waals surface area contributed by atoms with Gasteiger partial charge in [-0.3, -0.25) is 14.0 Å².